The number of nitrogens with zero attached hydrogens (tertiary/aromatic N) is 2. The Bertz CT molecular complexity index is 1810. The van der Waals surface area contributed by atoms with Crippen LogP contribution in [0.1, 0.15) is 41.1 Å². The fraction of sp³-hybridized carbons (Fsp3) is 0.229. The van der Waals surface area contributed by atoms with Crippen molar-refractivity contribution in [2.45, 2.75) is 48.1 Å². The topological polar surface area (TPSA) is 103 Å². The molecule has 0 saturated carbocycles. The van der Waals surface area contributed by atoms with Gasteiger partial charge in [0.2, 0.25) is 10.0 Å². The van der Waals surface area contributed by atoms with E-state index in [2.05, 4.69) is 9.71 Å². The smallest absolute Gasteiger partial charge is 0.240 e. The second-order valence-corrected chi connectivity index (χ2v) is 13.7. The minimum atomic E-state index is -3.64. The van der Waals surface area contributed by atoms with E-state index in [0.29, 0.717) is 6.42 Å². The Kier molecular flexibility index (Phi) is 9.79. The van der Waals surface area contributed by atoms with Crippen LogP contribution in [0.4, 0.5) is 0 Å². The summed E-state index contributed by atoms with van der Waals surface area (Å²) < 4.78 is 43.4. The Morgan fingerprint density at radius 3 is 2.33 bits per heavy atom. The van der Waals surface area contributed by atoms with Crippen LogP contribution >= 0.6 is 11.8 Å². The van der Waals surface area contributed by atoms with E-state index in [1.807, 2.05) is 90.6 Å². The molecule has 2 N–H and O–H groups in total. The molecule has 0 amide bonds. The van der Waals surface area contributed by atoms with Crippen molar-refractivity contribution in [3.63, 3.8) is 0 Å². The number of hydrogen-bond acceptors (Lipinski definition) is 7. The van der Waals surface area contributed by atoms with E-state index in [0.717, 1.165) is 44.3 Å². The van der Waals surface area contributed by atoms with Crippen LogP contribution in [0.15, 0.2) is 126 Å². The highest BCUT2D eigenvalue weighted by atomic mass is 32.2. The maximum absolute atomic E-state index is 12.8. The molecule has 2 heterocycles. The zero-order valence-corrected chi connectivity index (χ0v) is 26.5. The Balaban J connectivity index is 1.20. The number of imidazole rings is 1. The van der Waals surface area contributed by atoms with Crippen LogP contribution in [0, 0.1) is 0 Å². The molecule has 6 rings (SSSR count). The summed E-state index contributed by atoms with van der Waals surface area (Å²) >= 11 is 1.66. The highest BCUT2D eigenvalue weighted by molar-refractivity contribution is 7.99. The molecular weight excluding hydrogens is 607 g/mol. The average molecular weight is 642 g/mol. The average Bonchev–Trinajstić information content (AvgIpc) is 3.51. The molecule has 0 spiro atoms. The number of aromatic nitrogens is 2. The molecule has 1 fully saturated rings. The number of ether oxygens (including phenoxy) is 2. The first-order valence-electron chi connectivity index (χ1n) is 14.7. The summed E-state index contributed by atoms with van der Waals surface area (Å²) in [6.45, 7) is 0.158. The van der Waals surface area contributed by atoms with Gasteiger partial charge in [-0.05, 0) is 39.9 Å². The standard InChI is InChI=1S/C35H35N3O5S2/c1-38-20-19-36-35(38)44-24-30-21-33(27-13-11-25(23-39)12-14-27)43-34(42-30)28-17-15-26(16-18-28)32-10-6-5-7-29(32)22-37-45(40,41)31-8-3-2-4-9-31/h2-20,30,33-34,37,39H,21-24H2,1H3/t30-,33+,34+/m0/s1. The Morgan fingerprint density at radius 1 is 0.911 bits per heavy atom. The molecule has 0 aliphatic carbocycles. The lowest BCUT2D eigenvalue weighted by Gasteiger charge is -2.36. The SMILES string of the molecule is Cn1ccnc1SC[C@@H]1C[C@H](c2ccc(CO)cc2)O[C@H](c2ccc(-c3ccccc3CNS(=O)(=O)c3ccccc3)cc2)O1. The van der Waals surface area contributed by atoms with Crippen LogP contribution < -0.4 is 4.72 Å². The molecule has 10 heteroatoms. The maximum Gasteiger partial charge on any atom is 0.240 e. The molecule has 45 heavy (non-hydrogen) atoms. The quantitative estimate of drug-likeness (QED) is 0.161. The second-order valence-electron chi connectivity index (χ2n) is 10.9. The van der Waals surface area contributed by atoms with Gasteiger partial charge in [0.05, 0.1) is 23.7 Å². The zero-order valence-electron chi connectivity index (χ0n) is 24.8. The van der Waals surface area contributed by atoms with E-state index in [1.165, 1.54) is 0 Å². The third-order valence-corrected chi connectivity index (χ3v) is 10.4. The number of sulfonamides is 1. The third kappa shape index (κ3) is 7.55. The molecule has 232 valence electrons. The van der Waals surface area contributed by atoms with Crippen LogP contribution in [0.25, 0.3) is 11.1 Å². The van der Waals surface area contributed by atoms with Gasteiger partial charge in [-0.15, -0.1) is 0 Å². The summed E-state index contributed by atoms with van der Waals surface area (Å²) in [6.07, 6.45) is 3.58. The molecule has 1 aromatic heterocycles. The van der Waals surface area contributed by atoms with E-state index < -0.39 is 16.3 Å². The van der Waals surface area contributed by atoms with Crippen molar-refractivity contribution in [3.05, 3.63) is 138 Å². The summed E-state index contributed by atoms with van der Waals surface area (Å²) in [7, 11) is -1.66. The van der Waals surface area contributed by atoms with Crippen molar-refractivity contribution in [1.29, 1.82) is 0 Å². The largest absolute Gasteiger partial charge is 0.392 e. The van der Waals surface area contributed by atoms with E-state index in [4.69, 9.17) is 9.47 Å². The van der Waals surface area contributed by atoms with Gasteiger partial charge in [0.25, 0.3) is 0 Å². The van der Waals surface area contributed by atoms with Crippen LogP contribution in [0.3, 0.4) is 0 Å². The fourth-order valence-corrected chi connectivity index (χ4v) is 7.29. The summed E-state index contributed by atoms with van der Waals surface area (Å²) in [6, 6.07) is 32.1. The molecule has 0 radical (unpaired) electrons. The number of aliphatic hydroxyl groups excluding tert-OH is 1. The van der Waals surface area contributed by atoms with Gasteiger partial charge in [0.1, 0.15) is 0 Å². The van der Waals surface area contributed by atoms with Gasteiger partial charge in [-0.3, -0.25) is 0 Å². The predicted octanol–water partition coefficient (Wildman–Crippen LogP) is 6.40. The van der Waals surface area contributed by atoms with Gasteiger partial charge in [-0.25, -0.2) is 18.1 Å². The van der Waals surface area contributed by atoms with E-state index in [1.54, 1.807) is 48.3 Å². The number of thioether (sulfide) groups is 1. The second kappa shape index (κ2) is 14.1. The highest BCUT2D eigenvalue weighted by Crippen LogP contribution is 2.40. The van der Waals surface area contributed by atoms with E-state index >= 15 is 0 Å². The highest BCUT2D eigenvalue weighted by Gasteiger charge is 2.32. The Labute approximate surface area is 268 Å². The number of rotatable bonds is 11. The Hall–Kier alpha value is -3.77. The van der Waals surface area contributed by atoms with Gasteiger partial charge < -0.3 is 19.1 Å². The van der Waals surface area contributed by atoms with Gasteiger partial charge in [-0.2, -0.15) is 0 Å². The number of hydrogen-bond donors (Lipinski definition) is 2. The van der Waals surface area contributed by atoms with Gasteiger partial charge in [0, 0.05) is 43.7 Å². The van der Waals surface area contributed by atoms with Crippen molar-refractivity contribution < 1.29 is 23.0 Å². The minimum Gasteiger partial charge on any atom is -0.392 e. The third-order valence-electron chi connectivity index (χ3n) is 7.81. The first-order chi connectivity index (χ1) is 21.9. The molecule has 3 atom stereocenters. The molecule has 1 aliphatic heterocycles. The van der Waals surface area contributed by atoms with Gasteiger partial charge in [0.15, 0.2) is 11.4 Å². The van der Waals surface area contributed by atoms with Crippen molar-refractivity contribution in [2.75, 3.05) is 5.75 Å². The molecule has 4 aromatic carbocycles. The summed E-state index contributed by atoms with van der Waals surface area (Å²) in [5.74, 6) is 0.723. The number of benzene rings is 4. The molecule has 0 bridgehead atoms. The number of aryl methyl sites for hydroxylation is 1. The first-order valence-corrected chi connectivity index (χ1v) is 17.2. The molecular formula is C35H35N3O5S2. The van der Waals surface area contributed by atoms with Crippen molar-refractivity contribution >= 4 is 21.8 Å². The lowest BCUT2D eigenvalue weighted by Crippen LogP contribution is -2.31. The normalized spacial score (nSPS) is 18.6. The van der Waals surface area contributed by atoms with Crippen molar-refractivity contribution in [2.24, 2.45) is 7.05 Å². The summed E-state index contributed by atoms with van der Waals surface area (Å²) in [4.78, 5) is 4.67. The van der Waals surface area contributed by atoms with Crippen LogP contribution in [-0.2, 0) is 39.7 Å². The predicted molar refractivity (Wildman–Crippen MR) is 175 cm³/mol. The minimum absolute atomic E-state index is 0.00511. The number of aliphatic hydroxyl groups is 1. The van der Waals surface area contributed by atoms with E-state index in [-0.39, 0.29) is 30.3 Å². The summed E-state index contributed by atoms with van der Waals surface area (Å²) in [5.41, 5.74) is 5.56. The first kappa shape index (κ1) is 31.2. The molecule has 8 nitrogen and oxygen atoms in total. The zero-order chi connectivity index (χ0) is 31.2. The van der Waals surface area contributed by atoms with Gasteiger partial charge >= 0.3 is 0 Å². The maximum atomic E-state index is 12.8. The monoisotopic (exact) mass is 641 g/mol. The lowest BCUT2D eigenvalue weighted by molar-refractivity contribution is -0.245. The molecule has 1 saturated heterocycles. The molecule has 0 unspecified atom stereocenters. The van der Waals surface area contributed by atoms with Crippen LogP contribution in [0.2, 0.25) is 0 Å². The lowest BCUT2D eigenvalue weighted by atomic mass is 9.98. The van der Waals surface area contributed by atoms with Crippen LogP contribution in [0.5, 0.6) is 0 Å². The van der Waals surface area contributed by atoms with Crippen molar-refractivity contribution in [3.8, 4) is 11.1 Å². The fourth-order valence-electron chi connectivity index (χ4n) is 5.31. The van der Waals surface area contributed by atoms with E-state index in [9.17, 15) is 13.5 Å². The molecule has 5 aromatic rings. The van der Waals surface area contributed by atoms with Crippen LogP contribution in [-0.4, -0.2) is 34.9 Å². The Morgan fingerprint density at radius 2 is 1.62 bits per heavy atom. The van der Waals surface area contributed by atoms with Crippen molar-refractivity contribution in [1.82, 2.24) is 14.3 Å². The van der Waals surface area contributed by atoms with Gasteiger partial charge in [-0.1, -0.05) is 103 Å². The number of nitrogens with one attached hydrogen (secondary N) is 1. The molecule has 1 aliphatic rings. The summed E-state index contributed by atoms with van der Waals surface area (Å²) in [5, 5.41) is 10.4.